The first-order chi connectivity index (χ1) is 9.99. The molecular formula is C14H20N4O2S. The number of aryl methyl sites for hydroxylation is 2. The van der Waals surface area contributed by atoms with Crippen LogP contribution in [0, 0.1) is 0 Å². The number of aromatic nitrogens is 4. The van der Waals surface area contributed by atoms with Crippen molar-refractivity contribution < 1.29 is 9.90 Å². The van der Waals surface area contributed by atoms with Gasteiger partial charge in [0.1, 0.15) is 5.52 Å². The Morgan fingerprint density at radius 2 is 2.29 bits per heavy atom. The number of rotatable bonds is 7. The smallest absolute Gasteiger partial charge is 0.313 e. The highest BCUT2D eigenvalue weighted by molar-refractivity contribution is 7.99. The van der Waals surface area contributed by atoms with Gasteiger partial charge >= 0.3 is 5.97 Å². The summed E-state index contributed by atoms with van der Waals surface area (Å²) in [5.74, 6) is -0.860. The fourth-order valence-electron chi connectivity index (χ4n) is 2.29. The van der Waals surface area contributed by atoms with Crippen LogP contribution in [0.1, 0.15) is 32.0 Å². The fourth-order valence-corrected chi connectivity index (χ4v) is 3.09. The predicted octanol–water partition coefficient (Wildman–Crippen LogP) is 2.65. The van der Waals surface area contributed by atoms with E-state index in [1.54, 1.807) is 0 Å². The Labute approximate surface area is 127 Å². The summed E-state index contributed by atoms with van der Waals surface area (Å²) in [7, 11) is 1.89. The fraction of sp³-hybridized carbons (Fsp3) is 0.500. The Morgan fingerprint density at radius 1 is 1.57 bits per heavy atom. The lowest BCUT2D eigenvalue weighted by molar-refractivity contribution is -0.133. The van der Waals surface area contributed by atoms with E-state index in [9.17, 15) is 4.79 Å². The molecule has 1 N–H and O–H groups in total. The number of hydrogen-bond acceptors (Lipinski definition) is 4. The number of thioether (sulfide) groups is 1. The van der Waals surface area contributed by atoms with Crippen LogP contribution in [-0.2, 0) is 18.3 Å². The largest absolute Gasteiger partial charge is 0.481 e. The molecule has 0 spiro atoms. The highest BCUT2D eigenvalue weighted by Crippen LogP contribution is 2.30. The topological polar surface area (TPSA) is 72.9 Å². The van der Waals surface area contributed by atoms with E-state index in [0.717, 1.165) is 29.7 Å². The van der Waals surface area contributed by atoms with Crippen molar-refractivity contribution in [2.45, 2.75) is 37.9 Å². The van der Waals surface area contributed by atoms with Crippen molar-refractivity contribution in [3.05, 3.63) is 18.3 Å². The van der Waals surface area contributed by atoms with Crippen molar-refractivity contribution >= 4 is 28.9 Å². The molecule has 2 rings (SSSR count). The number of aliphatic carboxylic acids is 1. The van der Waals surface area contributed by atoms with E-state index in [1.807, 2.05) is 29.3 Å². The van der Waals surface area contributed by atoms with Crippen LogP contribution >= 0.6 is 11.8 Å². The Hall–Kier alpha value is -1.76. The standard InChI is InChI=1S/C14H20N4O2S/c1-5-7-10-12-13(17(4)16-10)18(9(3)6-2)14(15-12)21-8-11(19)20/h6,9H,2,5,7-8H2,1,3-4H3,(H,19,20). The zero-order valence-electron chi connectivity index (χ0n) is 12.5. The second kappa shape index (κ2) is 6.34. The molecule has 0 aliphatic heterocycles. The third-order valence-electron chi connectivity index (χ3n) is 3.26. The van der Waals surface area contributed by atoms with Crippen LogP contribution in [0.15, 0.2) is 17.8 Å². The minimum absolute atomic E-state index is 0.0102. The number of hydrogen-bond donors (Lipinski definition) is 1. The maximum atomic E-state index is 10.8. The predicted molar refractivity (Wildman–Crippen MR) is 83.8 cm³/mol. The van der Waals surface area contributed by atoms with Gasteiger partial charge in [0.15, 0.2) is 10.8 Å². The molecule has 2 aromatic rings. The van der Waals surface area contributed by atoms with Crippen molar-refractivity contribution in [1.29, 1.82) is 0 Å². The van der Waals surface area contributed by atoms with E-state index >= 15 is 0 Å². The van der Waals surface area contributed by atoms with Crippen LogP contribution in [0.5, 0.6) is 0 Å². The van der Waals surface area contributed by atoms with Gasteiger partial charge in [-0.05, 0) is 13.3 Å². The molecule has 2 aromatic heterocycles. The number of nitrogens with zero attached hydrogens (tertiary/aromatic N) is 4. The lowest BCUT2D eigenvalue weighted by Crippen LogP contribution is -2.09. The average molecular weight is 308 g/mol. The van der Waals surface area contributed by atoms with Crippen LogP contribution in [0.3, 0.4) is 0 Å². The van der Waals surface area contributed by atoms with Gasteiger partial charge in [-0.1, -0.05) is 31.2 Å². The molecule has 7 heteroatoms. The van der Waals surface area contributed by atoms with Crippen LogP contribution < -0.4 is 0 Å². The van der Waals surface area contributed by atoms with Crippen LogP contribution in [0.25, 0.3) is 11.2 Å². The molecule has 0 fully saturated rings. The van der Waals surface area contributed by atoms with E-state index in [1.165, 1.54) is 11.8 Å². The van der Waals surface area contributed by atoms with E-state index in [-0.39, 0.29) is 11.8 Å². The molecule has 21 heavy (non-hydrogen) atoms. The first-order valence-corrected chi connectivity index (χ1v) is 7.89. The first-order valence-electron chi connectivity index (χ1n) is 6.90. The molecule has 0 aliphatic carbocycles. The molecule has 0 saturated heterocycles. The summed E-state index contributed by atoms with van der Waals surface area (Å²) in [6, 6.07) is 0.0242. The first kappa shape index (κ1) is 15.6. The number of carbonyl (C=O) groups is 1. The Balaban J connectivity index is 2.58. The van der Waals surface area contributed by atoms with Crippen molar-refractivity contribution in [2.75, 3.05) is 5.75 Å². The van der Waals surface area contributed by atoms with Crippen LogP contribution in [-0.4, -0.2) is 36.2 Å². The summed E-state index contributed by atoms with van der Waals surface area (Å²) in [5, 5.41) is 14.1. The van der Waals surface area contributed by atoms with Gasteiger partial charge in [-0.15, -0.1) is 6.58 Å². The number of carboxylic acid groups (broad SMARTS) is 1. The molecule has 0 aromatic carbocycles. The van der Waals surface area contributed by atoms with Crippen LogP contribution in [0.4, 0.5) is 0 Å². The zero-order valence-corrected chi connectivity index (χ0v) is 13.4. The lowest BCUT2D eigenvalue weighted by Gasteiger charge is -2.13. The van der Waals surface area contributed by atoms with E-state index < -0.39 is 5.97 Å². The highest BCUT2D eigenvalue weighted by atomic mass is 32.2. The van der Waals surface area contributed by atoms with Crippen molar-refractivity contribution in [3.63, 3.8) is 0 Å². The third kappa shape index (κ3) is 2.97. The maximum absolute atomic E-state index is 10.8. The van der Waals surface area contributed by atoms with Crippen LogP contribution in [0.2, 0.25) is 0 Å². The normalized spacial score (nSPS) is 12.7. The highest BCUT2D eigenvalue weighted by Gasteiger charge is 2.21. The zero-order chi connectivity index (χ0) is 15.6. The molecule has 0 radical (unpaired) electrons. The van der Waals surface area contributed by atoms with Gasteiger partial charge in [-0.2, -0.15) is 5.10 Å². The average Bonchev–Trinajstić information content (AvgIpc) is 2.95. The maximum Gasteiger partial charge on any atom is 0.313 e. The number of allylic oxidation sites excluding steroid dienone is 1. The summed E-state index contributed by atoms with van der Waals surface area (Å²) >= 11 is 1.23. The van der Waals surface area contributed by atoms with Gasteiger partial charge in [0.25, 0.3) is 0 Å². The second-order valence-corrected chi connectivity index (χ2v) is 5.86. The minimum atomic E-state index is -0.850. The molecule has 114 valence electrons. The van der Waals surface area contributed by atoms with E-state index in [4.69, 9.17) is 5.11 Å². The molecule has 2 heterocycles. The summed E-state index contributed by atoms with van der Waals surface area (Å²) in [6.07, 6.45) is 3.67. The summed E-state index contributed by atoms with van der Waals surface area (Å²) in [6.45, 7) is 7.94. The van der Waals surface area contributed by atoms with Gasteiger partial charge < -0.3 is 5.11 Å². The summed E-state index contributed by atoms with van der Waals surface area (Å²) in [4.78, 5) is 15.4. The van der Waals surface area contributed by atoms with Gasteiger partial charge in [-0.3, -0.25) is 14.0 Å². The minimum Gasteiger partial charge on any atom is -0.481 e. The summed E-state index contributed by atoms with van der Waals surface area (Å²) < 4.78 is 3.82. The molecule has 1 unspecified atom stereocenters. The van der Waals surface area contributed by atoms with Crippen molar-refractivity contribution in [2.24, 2.45) is 7.05 Å². The van der Waals surface area contributed by atoms with Gasteiger partial charge in [0.2, 0.25) is 0 Å². The van der Waals surface area contributed by atoms with Gasteiger partial charge in [0, 0.05) is 7.05 Å². The molecule has 6 nitrogen and oxygen atoms in total. The molecule has 0 aliphatic rings. The summed E-state index contributed by atoms with van der Waals surface area (Å²) in [5.41, 5.74) is 2.74. The molecule has 1 atom stereocenters. The van der Waals surface area contributed by atoms with Crippen molar-refractivity contribution in [3.8, 4) is 0 Å². The Kier molecular flexibility index (Phi) is 4.72. The monoisotopic (exact) mass is 308 g/mol. The SMILES string of the molecule is C=CC(C)n1c(SCC(=O)O)nc2c(CCC)nn(C)c21. The second-order valence-electron chi connectivity index (χ2n) is 4.92. The Morgan fingerprint density at radius 3 is 2.86 bits per heavy atom. The molecule has 0 amide bonds. The Bertz CT molecular complexity index is 674. The van der Waals surface area contributed by atoms with Gasteiger partial charge in [-0.25, -0.2) is 4.98 Å². The van der Waals surface area contributed by atoms with E-state index in [2.05, 4.69) is 23.6 Å². The molecular weight excluding hydrogens is 288 g/mol. The number of imidazole rings is 1. The van der Waals surface area contributed by atoms with E-state index in [0.29, 0.717) is 5.16 Å². The molecule has 0 saturated carbocycles. The lowest BCUT2D eigenvalue weighted by atomic mass is 10.2. The third-order valence-corrected chi connectivity index (χ3v) is 4.20. The quantitative estimate of drug-likeness (QED) is 0.629. The number of fused-ring (bicyclic) bond motifs is 1. The molecule has 0 bridgehead atoms. The number of carboxylic acids is 1. The van der Waals surface area contributed by atoms with Gasteiger partial charge in [0.05, 0.1) is 17.5 Å². The van der Waals surface area contributed by atoms with Crippen molar-refractivity contribution in [1.82, 2.24) is 19.3 Å².